The highest BCUT2D eigenvalue weighted by molar-refractivity contribution is 14.1. The van der Waals surface area contributed by atoms with E-state index in [1.165, 1.54) is 12.3 Å². The highest BCUT2D eigenvalue weighted by Crippen LogP contribution is 2.19. The first kappa shape index (κ1) is 11.8. The van der Waals surface area contributed by atoms with Gasteiger partial charge in [-0.25, -0.2) is 8.42 Å². The van der Waals surface area contributed by atoms with Crippen molar-refractivity contribution in [3.05, 3.63) is 40.1 Å². The fourth-order valence-electron chi connectivity index (χ4n) is 1.10. The molecule has 1 heterocycles. The van der Waals surface area contributed by atoms with Crippen LogP contribution in [0.5, 0.6) is 0 Å². The number of hydrogen-bond donors (Lipinski definition) is 1. The molecule has 7 heteroatoms. The van der Waals surface area contributed by atoms with Crippen molar-refractivity contribution in [1.29, 1.82) is 0 Å². The normalized spacial score (nSPS) is 11.3. The van der Waals surface area contributed by atoms with Gasteiger partial charge in [0.1, 0.15) is 0 Å². The number of hydrogen-bond acceptors (Lipinski definition) is 4. The summed E-state index contributed by atoms with van der Waals surface area (Å²) in [5.41, 5.74) is 0.556. The van der Waals surface area contributed by atoms with E-state index >= 15 is 0 Å². The summed E-state index contributed by atoms with van der Waals surface area (Å²) in [5.74, 6) is 0. The standard InChI is InChI=1S/C9H7IN2O2S2/c10-7-2-1-3-8(6-7)12-16(13,14)9-4-5-11-15-9/h1-6,12H. The zero-order valence-electron chi connectivity index (χ0n) is 7.92. The van der Waals surface area contributed by atoms with Gasteiger partial charge in [-0.1, -0.05) is 6.07 Å². The van der Waals surface area contributed by atoms with Crippen LogP contribution in [0, 0.1) is 3.57 Å². The van der Waals surface area contributed by atoms with Gasteiger partial charge in [0.2, 0.25) is 0 Å². The maximum Gasteiger partial charge on any atom is 0.272 e. The lowest BCUT2D eigenvalue weighted by atomic mass is 10.3. The van der Waals surface area contributed by atoms with Crippen molar-refractivity contribution in [3.8, 4) is 0 Å². The van der Waals surface area contributed by atoms with Gasteiger partial charge in [0.15, 0.2) is 4.21 Å². The Bertz CT molecular complexity index is 581. The van der Waals surface area contributed by atoms with Gasteiger partial charge in [-0.2, -0.15) is 4.37 Å². The molecule has 0 saturated heterocycles. The summed E-state index contributed by atoms with van der Waals surface area (Å²) < 4.78 is 31.1. The minimum absolute atomic E-state index is 0.214. The Hall–Kier alpha value is -0.670. The first-order valence-corrected chi connectivity index (χ1v) is 7.60. The van der Waals surface area contributed by atoms with Gasteiger partial charge < -0.3 is 0 Å². The molecular weight excluding hydrogens is 359 g/mol. The minimum atomic E-state index is -3.48. The molecule has 0 radical (unpaired) electrons. The number of nitrogens with one attached hydrogen (secondary N) is 1. The number of sulfonamides is 1. The van der Waals surface area contributed by atoms with Crippen molar-refractivity contribution >= 4 is 49.8 Å². The maximum atomic E-state index is 11.8. The Balaban J connectivity index is 2.29. The first-order valence-electron chi connectivity index (χ1n) is 4.27. The van der Waals surface area contributed by atoms with Crippen LogP contribution < -0.4 is 4.72 Å². The van der Waals surface area contributed by atoms with Crippen molar-refractivity contribution in [2.75, 3.05) is 4.72 Å². The van der Waals surface area contributed by atoms with E-state index in [1.54, 1.807) is 18.2 Å². The molecule has 0 fully saturated rings. The molecule has 0 saturated carbocycles. The van der Waals surface area contributed by atoms with E-state index in [9.17, 15) is 8.42 Å². The predicted octanol–water partition coefficient (Wildman–Crippen LogP) is 2.55. The van der Waals surface area contributed by atoms with Crippen LogP contribution in [-0.2, 0) is 10.0 Å². The molecule has 1 aromatic heterocycles. The molecule has 0 spiro atoms. The number of aromatic nitrogens is 1. The summed E-state index contributed by atoms with van der Waals surface area (Å²) in [5, 5.41) is 0. The van der Waals surface area contributed by atoms with Crippen molar-refractivity contribution in [1.82, 2.24) is 4.37 Å². The third-order valence-electron chi connectivity index (χ3n) is 1.76. The van der Waals surface area contributed by atoms with Crippen molar-refractivity contribution < 1.29 is 8.42 Å². The average molecular weight is 366 g/mol. The SMILES string of the molecule is O=S(=O)(Nc1cccc(I)c1)c1ccns1. The predicted molar refractivity (Wildman–Crippen MR) is 72.1 cm³/mol. The van der Waals surface area contributed by atoms with E-state index in [-0.39, 0.29) is 4.21 Å². The Morgan fingerprint density at radius 3 is 2.75 bits per heavy atom. The maximum absolute atomic E-state index is 11.8. The van der Waals surface area contributed by atoms with E-state index in [2.05, 4.69) is 31.7 Å². The minimum Gasteiger partial charge on any atom is -0.279 e. The smallest absolute Gasteiger partial charge is 0.272 e. The number of anilines is 1. The second-order valence-corrected chi connectivity index (χ2v) is 6.94. The number of halogens is 1. The molecule has 0 unspecified atom stereocenters. The molecule has 1 aromatic carbocycles. The summed E-state index contributed by atoms with van der Waals surface area (Å²) >= 11 is 3.08. The van der Waals surface area contributed by atoms with Crippen LogP contribution in [0.15, 0.2) is 40.7 Å². The highest BCUT2D eigenvalue weighted by Gasteiger charge is 2.15. The highest BCUT2D eigenvalue weighted by atomic mass is 127. The summed E-state index contributed by atoms with van der Waals surface area (Å²) in [6, 6.07) is 8.64. The lowest BCUT2D eigenvalue weighted by molar-refractivity contribution is 0.603. The van der Waals surface area contributed by atoms with Gasteiger partial charge in [0.25, 0.3) is 10.0 Å². The zero-order valence-corrected chi connectivity index (χ0v) is 11.7. The van der Waals surface area contributed by atoms with Crippen LogP contribution in [0.2, 0.25) is 0 Å². The van der Waals surface area contributed by atoms with E-state index in [4.69, 9.17) is 0 Å². The summed E-state index contributed by atoms with van der Waals surface area (Å²) in [4.78, 5) is 0. The Kier molecular flexibility index (Phi) is 3.45. The van der Waals surface area contributed by atoms with Gasteiger partial charge >= 0.3 is 0 Å². The van der Waals surface area contributed by atoms with Crippen molar-refractivity contribution in [2.24, 2.45) is 0 Å². The lowest BCUT2D eigenvalue weighted by Crippen LogP contribution is -2.11. The van der Waals surface area contributed by atoms with Crippen molar-refractivity contribution in [2.45, 2.75) is 4.21 Å². The molecule has 84 valence electrons. The van der Waals surface area contributed by atoms with Crippen molar-refractivity contribution in [3.63, 3.8) is 0 Å². The molecule has 0 atom stereocenters. The fraction of sp³-hybridized carbons (Fsp3) is 0. The third-order valence-corrected chi connectivity index (χ3v) is 5.02. The van der Waals surface area contributed by atoms with Crippen LogP contribution in [-0.4, -0.2) is 12.8 Å². The molecule has 1 N–H and O–H groups in total. The van der Waals surface area contributed by atoms with E-state index < -0.39 is 10.0 Å². The Morgan fingerprint density at radius 2 is 2.12 bits per heavy atom. The second-order valence-electron chi connectivity index (χ2n) is 2.95. The molecule has 0 amide bonds. The molecule has 16 heavy (non-hydrogen) atoms. The van der Waals surface area contributed by atoms with Gasteiger partial charge in [-0.05, 0) is 58.4 Å². The quantitative estimate of drug-likeness (QED) is 0.850. The van der Waals surface area contributed by atoms with Crippen LogP contribution in [0.25, 0.3) is 0 Å². The van der Waals surface area contributed by atoms with Crippen LogP contribution in [0.1, 0.15) is 0 Å². The van der Waals surface area contributed by atoms with Crippen LogP contribution in [0.4, 0.5) is 5.69 Å². The number of rotatable bonds is 3. The lowest BCUT2D eigenvalue weighted by Gasteiger charge is -2.05. The topological polar surface area (TPSA) is 59.1 Å². The van der Waals surface area contributed by atoms with E-state index in [0.29, 0.717) is 5.69 Å². The van der Waals surface area contributed by atoms with Gasteiger partial charge in [-0.15, -0.1) is 0 Å². The van der Waals surface area contributed by atoms with Crippen LogP contribution in [0.3, 0.4) is 0 Å². The molecule has 0 aliphatic rings. The summed E-state index contributed by atoms with van der Waals surface area (Å²) in [7, 11) is -3.48. The molecule has 0 bridgehead atoms. The van der Waals surface area contributed by atoms with Gasteiger partial charge in [-0.3, -0.25) is 4.72 Å². The molecule has 2 rings (SSSR count). The molecule has 4 nitrogen and oxygen atoms in total. The van der Waals surface area contributed by atoms with E-state index in [0.717, 1.165) is 15.1 Å². The Labute approximate surface area is 111 Å². The molecule has 2 aromatic rings. The summed E-state index contributed by atoms with van der Waals surface area (Å²) in [6.45, 7) is 0. The molecule has 0 aliphatic heterocycles. The molecule has 0 aliphatic carbocycles. The van der Waals surface area contributed by atoms with Gasteiger partial charge in [0, 0.05) is 15.5 Å². The third kappa shape index (κ3) is 2.71. The monoisotopic (exact) mass is 366 g/mol. The Morgan fingerprint density at radius 1 is 1.31 bits per heavy atom. The van der Waals surface area contributed by atoms with E-state index in [1.807, 2.05) is 6.07 Å². The first-order chi connectivity index (χ1) is 7.58. The second kappa shape index (κ2) is 4.68. The molecular formula is C9H7IN2O2S2. The average Bonchev–Trinajstić information content (AvgIpc) is 2.69. The fourth-order valence-corrected chi connectivity index (χ4v) is 3.42. The largest absolute Gasteiger partial charge is 0.279 e. The zero-order chi connectivity index (χ0) is 11.6. The number of benzene rings is 1. The van der Waals surface area contributed by atoms with Gasteiger partial charge in [0.05, 0.1) is 0 Å². The summed E-state index contributed by atoms with van der Waals surface area (Å²) in [6.07, 6.45) is 1.47. The number of nitrogens with zero attached hydrogens (tertiary/aromatic N) is 1. The van der Waals surface area contributed by atoms with Crippen LogP contribution >= 0.6 is 34.1 Å².